The Hall–Kier alpha value is -3.11. The Kier molecular flexibility index (Phi) is 4.57. The number of nitrogens with zero attached hydrogens (tertiary/aromatic N) is 3. The molecule has 144 valence electrons. The van der Waals surface area contributed by atoms with E-state index in [1.807, 2.05) is 6.07 Å². The highest BCUT2D eigenvalue weighted by Crippen LogP contribution is 2.37. The van der Waals surface area contributed by atoms with Crippen molar-refractivity contribution in [3.8, 4) is 0 Å². The highest BCUT2D eigenvalue weighted by Gasteiger charge is 2.34. The number of aromatic nitrogens is 1. The summed E-state index contributed by atoms with van der Waals surface area (Å²) in [5.74, 6) is 0.976. The fraction of sp³-hybridized carbons (Fsp3) is 0.167. The van der Waals surface area contributed by atoms with Crippen LogP contribution in [0.1, 0.15) is 17.0 Å². The van der Waals surface area contributed by atoms with E-state index in [0.717, 1.165) is 17.1 Å². The summed E-state index contributed by atoms with van der Waals surface area (Å²) in [6.07, 6.45) is 8.43. The average Bonchev–Trinajstić information content (AvgIpc) is 3.12. The van der Waals surface area contributed by atoms with Crippen LogP contribution in [-0.2, 0) is 13.6 Å². The molecule has 0 saturated carbocycles. The second-order valence-corrected chi connectivity index (χ2v) is 7.80. The summed E-state index contributed by atoms with van der Waals surface area (Å²) in [5, 5.41) is 4.80. The minimum Gasteiger partial charge on any atom is -0.351 e. The van der Waals surface area contributed by atoms with E-state index in [2.05, 4.69) is 94.9 Å². The van der Waals surface area contributed by atoms with Gasteiger partial charge in [-0.2, -0.15) is 0 Å². The van der Waals surface area contributed by atoms with Crippen molar-refractivity contribution in [3.05, 3.63) is 95.8 Å². The van der Waals surface area contributed by atoms with E-state index in [0.29, 0.717) is 11.8 Å². The molecule has 29 heavy (non-hydrogen) atoms. The molecule has 0 saturated heterocycles. The van der Waals surface area contributed by atoms with Gasteiger partial charge in [0.1, 0.15) is 5.84 Å². The van der Waals surface area contributed by atoms with Crippen LogP contribution in [0.25, 0.3) is 10.9 Å². The van der Waals surface area contributed by atoms with Gasteiger partial charge in [0, 0.05) is 30.4 Å². The first kappa shape index (κ1) is 18.0. The molecule has 2 aliphatic rings. The quantitative estimate of drug-likeness (QED) is 0.608. The van der Waals surface area contributed by atoms with Crippen molar-refractivity contribution in [3.63, 3.8) is 0 Å². The van der Waals surface area contributed by atoms with Crippen LogP contribution in [-0.4, -0.2) is 15.7 Å². The van der Waals surface area contributed by atoms with Crippen molar-refractivity contribution in [2.24, 2.45) is 23.0 Å². The van der Waals surface area contributed by atoms with E-state index < -0.39 is 0 Å². The van der Waals surface area contributed by atoms with Gasteiger partial charge in [0.05, 0.1) is 12.5 Å². The fourth-order valence-corrected chi connectivity index (χ4v) is 4.33. The maximum absolute atomic E-state index is 6.28. The standard InChI is InChI=1S/C24H21ClN4/c1-29-13-12-18-14-16(10-11-21(18)29)15-26-23-22-19(17-6-3-2-4-7-17)8-5-9-20(22)27-24(25)28-23/h2-14,19,22H,15H2,1H3,(H,26,27,28). The number of hydrogen-bond acceptors (Lipinski definition) is 2. The molecule has 0 radical (unpaired) electrons. The van der Waals surface area contributed by atoms with Gasteiger partial charge in [-0.1, -0.05) is 48.6 Å². The lowest BCUT2D eigenvalue weighted by Crippen LogP contribution is -2.38. The highest BCUT2D eigenvalue weighted by molar-refractivity contribution is 6.66. The number of aliphatic imine (C=N–C) groups is 2. The summed E-state index contributed by atoms with van der Waals surface area (Å²) in [5.41, 5.74) is 4.66. The zero-order chi connectivity index (χ0) is 19.8. The van der Waals surface area contributed by atoms with Crippen LogP contribution in [0.3, 0.4) is 0 Å². The number of fused-ring (bicyclic) bond motifs is 2. The molecule has 1 N–H and O–H groups in total. The molecule has 0 spiro atoms. The summed E-state index contributed by atoms with van der Waals surface area (Å²) >= 11 is 6.28. The molecule has 2 aromatic carbocycles. The molecule has 2 unspecified atom stereocenters. The van der Waals surface area contributed by atoms with Crippen LogP contribution in [0.2, 0.25) is 0 Å². The topological polar surface area (TPSA) is 41.7 Å². The van der Waals surface area contributed by atoms with Gasteiger partial charge in [-0.3, -0.25) is 4.99 Å². The van der Waals surface area contributed by atoms with Crippen molar-refractivity contribution in [2.45, 2.75) is 12.5 Å². The van der Waals surface area contributed by atoms with Gasteiger partial charge in [-0.25, -0.2) is 4.99 Å². The molecule has 1 aromatic heterocycles. The lowest BCUT2D eigenvalue weighted by Gasteiger charge is -2.32. The third kappa shape index (κ3) is 3.40. The Bertz CT molecular complexity index is 1180. The van der Waals surface area contributed by atoms with Gasteiger partial charge in [0.15, 0.2) is 0 Å². The molecule has 0 amide bonds. The number of aryl methyl sites for hydroxylation is 1. The molecular formula is C24H21ClN4. The van der Waals surface area contributed by atoms with Crippen molar-refractivity contribution in [1.29, 1.82) is 0 Å². The van der Waals surface area contributed by atoms with Crippen LogP contribution in [0.15, 0.2) is 94.7 Å². The molecule has 2 heterocycles. The van der Waals surface area contributed by atoms with Crippen LogP contribution >= 0.6 is 11.6 Å². The highest BCUT2D eigenvalue weighted by atomic mass is 35.5. The lowest BCUT2D eigenvalue weighted by molar-refractivity contribution is 0.651. The maximum atomic E-state index is 6.28. The molecule has 5 heteroatoms. The number of amidine groups is 2. The van der Waals surface area contributed by atoms with E-state index in [4.69, 9.17) is 16.6 Å². The molecule has 1 aliphatic carbocycles. The number of allylic oxidation sites excluding steroid dienone is 3. The van der Waals surface area contributed by atoms with Crippen molar-refractivity contribution >= 4 is 33.6 Å². The number of benzene rings is 2. The summed E-state index contributed by atoms with van der Waals surface area (Å²) in [6.45, 7) is 0.572. The predicted octanol–water partition coefficient (Wildman–Crippen LogP) is 5.13. The van der Waals surface area contributed by atoms with Crippen LogP contribution in [0.4, 0.5) is 0 Å². The molecule has 0 bridgehead atoms. The Morgan fingerprint density at radius 2 is 2.00 bits per heavy atom. The molecule has 4 nitrogen and oxygen atoms in total. The largest absolute Gasteiger partial charge is 0.351 e. The van der Waals surface area contributed by atoms with Gasteiger partial charge in [-0.15, -0.1) is 0 Å². The third-order valence-corrected chi connectivity index (χ3v) is 5.76. The second-order valence-electron chi connectivity index (χ2n) is 7.44. The minimum absolute atomic E-state index is 0.0327. The molecule has 2 atom stereocenters. The first-order valence-corrected chi connectivity index (χ1v) is 10.1. The lowest BCUT2D eigenvalue weighted by atomic mass is 9.79. The number of nitrogens with one attached hydrogen (secondary N) is 1. The van der Waals surface area contributed by atoms with Crippen LogP contribution in [0.5, 0.6) is 0 Å². The van der Waals surface area contributed by atoms with Gasteiger partial charge < -0.3 is 9.88 Å². The van der Waals surface area contributed by atoms with E-state index in [-0.39, 0.29) is 11.8 Å². The van der Waals surface area contributed by atoms with Crippen LogP contribution in [0, 0.1) is 5.92 Å². The van der Waals surface area contributed by atoms with Crippen molar-refractivity contribution in [2.75, 3.05) is 0 Å². The van der Waals surface area contributed by atoms with Gasteiger partial charge in [0.25, 0.3) is 0 Å². The second kappa shape index (κ2) is 7.37. The molecule has 3 aromatic rings. The number of halogens is 1. The Morgan fingerprint density at radius 1 is 1.14 bits per heavy atom. The van der Waals surface area contributed by atoms with Crippen molar-refractivity contribution < 1.29 is 0 Å². The summed E-state index contributed by atoms with van der Waals surface area (Å²) < 4.78 is 2.12. The smallest absolute Gasteiger partial charge is 0.201 e. The minimum atomic E-state index is 0.0327. The van der Waals surface area contributed by atoms with Gasteiger partial charge in [-0.05, 0) is 52.4 Å². The first-order valence-electron chi connectivity index (χ1n) is 9.72. The summed E-state index contributed by atoms with van der Waals surface area (Å²) in [7, 11) is 2.06. The van der Waals surface area contributed by atoms with E-state index >= 15 is 0 Å². The number of hydrogen-bond donors (Lipinski definition) is 1. The van der Waals surface area contributed by atoms with Gasteiger partial charge in [0.2, 0.25) is 5.29 Å². The first-order chi connectivity index (χ1) is 14.2. The summed E-state index contributed by atoms with van der Waals surface area (Å²) in [6, 6.07) is 19.1. The average molecular weight is 401 g/mol. The molecular weight excluding hydrogens is 380 g/mol. The Balaban J connectivity index is 1.50. The molecule has 1 aliphatic heterocycles. The molecule has 5 rings (SSSR count). The van der Waals surface area contributed by atoms with Crippen LogP contribution < -0.4 is 5.32 Å². The third-order valence-electron chi connectivity index (χ3n) is 5.58. The zero-order valence-corrected chi connectivity index (χ0v) is 16.8. The SMILES string of the molecule is Cn1ccc2cc(CN=C3N=C(Cl)NC4=CC=CC(c5ccccc5)C43)ccc21. The van der Waals surface area contributed by atoms with E-state index in [1.54, 1.807) is 0 Å². The van der Waals surface area contributed by atoms with E-state index in [9.17, 15) is 0 Å². The Labute approximate surface area is 174 Å². The van der Waals surface area contributed by atoms with Gasteiger partial charge >= 0.3 is 0 Å². The number of rotatable bonds is 3. The van der Waals surface area contributed by atoms with E-state index in [1.165, 1.54) is 16.5 Å². The summed E-state index contributed by atoms with van der Waals surface area (Å²) in [4.78, 5) is 9.47. The normalized spacial score (nSPS) is 22.2. The molecule has 0 fully saturated rings. The van der Waals surface area contributed by atoms with Crippen molar-refractivity contribution in [1.82, 2.24) is 9.88 Å². The maximum Gasteiger partial charge on any atom is 0.201 e. The monoisotopic (exact) mass is 400 g/mol. The Morgan fingerprint density at radius 3 is 2.86 bits per heavy atom. The zero-order valence-electron chi connectivity index (χ0n) is 16.1. The predicted molar refractivity (Wildman–Crippen MR) is 120 cm³/mol. The fourth-order valence-electron chi connectivity index (χ4n) is 4.14.